The van der Waals surface area contributed by atoms with Crippen LogP contribution in [0.3, 0.4) is 0 Å². The maximum absolute atomic E-state index is 13.0. The van der Waals surface area contributed by atoms with Gasteiger partial charge in [-0.25, -0.2) is 23.2 Å². The molecule has 1 aromatic rings. The van der Waals surface area contributed by atoms with Gasteiger partial charge in [0.1, 0.15) is 11.4 Å². The Morgan fingerprint density at radius 3 is 2.24 bits per heavy atom. The highest BCUT2D eigenvalue weighted by molar-refractivity contribution is 7.89. The molecule has 12 heteroatoms. The number of piperidine rings is 1. The molecule has 11 nitrogen and oxygen atoms in total. The maximum Gasteiger partial charge on any atom is 0.410 e. The van der Waals surface area contributed by atoms with E-state index in [2.05, 4.69) is 19.8 Å². The largest absolute Gasteiger partial charge is 0.476 e. The lowest BCUT2D eigenvalue weighted by Gasteiger charge is -2.36. The first-order valence-electron chi connectivity index (χ1n) is 13.4. The summed E-state index contributed by atoms with van der Waals surface area (Å²) >= 11 is 0. The minimum absolute atomic E-state index is 0.186. The monoisotopic (exact) mass is 536 g/mol. The average molecular weight is 537 g/mol. The van der Waals surface area contributed by atoms with Crippen molar-refractivity contribution in [2.75, 3.05) is 70.6 Å². The van der Waals surface area contributed by atoms with Crippen LogP contribution in [0.15, 0.2) is 12.4 Å². The van der Waals surface area contributed by atoms with Gasteiger partial charge in [-0.05, 0) is 65.5 Å². The molecule has 0 radical (unpaired) electrons. The number of amides is 1. The second-order valence-electron chi connectivity index (χ2n) is 11.5. The van der Waals surface area contributed by atoms with Crippen LogP contribution in [0.5, 0.6) is 5.88 Å². The van der Waals surface area contributed by atoms with E-state index in [1.165, 1.54) is 0 Å². The van der Waals surface area contributed by atoms with Crippen molar-refractivity contribution >= 4 is 21.9 Å². The first-order chi connectivity index (χ1) is 17.6. The summed E-state index contributed by atoms with van der Waals surface area (Å²) in [4.78, 5) is 27.1. The van der Waals surface area contributed by atoms with E-state index in [9.17, 15) is 13.2 Å². The van der Waals surface area contributed by atoms with Crippen molar-refractivity contribution in [3.8, 4) is 5.88 Å². The highest BCUT2D eigenvalue weighted by Gasteiger charge is 2.49. The smallest absolute Gasteiger partial charge is 0.410 e. The number of carbonyl (C=O) groups is 1. The third-order valence-corrected chi connectivity index (χ3v) is 10.5. The van der Waals surface area contributed by atoms with Crippen LogP contribution in [0.1, 0.15) is 45.4 Å². The van der Waals surface area contributed by atoms with E-state index in [-0.39, 0.29) is 23.0 Å². The summed E-state index contributed by atoms with van der Waals surface area (Å²) in [6, 6.07) is 0. The standard InChI is InChI=1S/C25H40N6O5S/c1-24(6-7-24)36-23(32)30-10-4-20(5-11-30)18-35-22-17-26-21(16-27-22)29-12-14-31(15-13-29)37(33,34)19-25(8-9-25)28(2)3/h16-17,20H,4-15,18-19H2,1-3H3. The Morgan fingerprint density at radius 1 is 1.03 bits per heavy atom. The molecule has 1 amide bonds. The number of ether oxygens (including phenoxy) is 2. The summed E-state index contributed by atoms with van der Waals surface area (Å²) in [6.45, 7) is 5.98. The minimum Gasteiger partial charge on any atom is -0.476 e. The molecule has 2 aliphatic heterocycles. The molecule has 2 aliphatic carbocycles. The Kier molecular flexibility index (Phi) is 7.27. The number of hydrogen-bond donors (Lipinski definition) is 0. The van der Waals surface area contributed by atoms with E-state index < -0.39 is 10.0 Å². The fourth-order valence-electron chi connectivity index (χ4n) is 5.08. The molecule has 0 N–H and O–H groups in total. The molecule has 1 aromatic heterocycles. The number of aromatic nitrogens is 2. The van der Waals surface area contributed by atoms with Crippen LogP contribution in [0.25, 0.3) is 0 Å². The Hall–Kier alpha value is -2.18. The second kappa shape index (κ2) is 10.2. The van der Waals surface area contributed by atoms with Crippen molar-refractivity contribution in [3.05, 3.63) is 12.4 Å². The zero-order valence-corrected chi connectivity index (χ0v) is 23.1. The molecule has 0 aromatic carbocycles. The summed E-state index contributed by atoms with van der Waals surface area (Å²) in [5, 5.41) is 0. The molecule has 206 valence electrons. The quantitative estimate of drug-likeness (QED) is 0.467. The average Bonchev–Trinajstić information content (AvgIpc) is 3.82. The van der Waals surface area contributed by atoms with E-state index in [4.69, 9.17) is 9.47 Å². The van der Waals surface area contributed by atoms with Gasteiger partial charge in [-0.2, -0.15) is 4.31 Å². The van der Waals surface area contributed by atoms with Crippen LogP contribution in [0, 0.1) is 5.92 Å². The Bertz CT molecular complexity index is 1060. The van der Waals surface area contributed by atoms with E-state index in [1.807, 2.05) is 21.0 Å². The zero-order chi connectivity index (χ0) is 26.3. The summed E-state index contributed by atoms with van der Waals surface area (Å²) in [7, 11) is 0.637. The fraction of sp³-hybridized carbons (Fsp3) is 0.800. The van der Waals surface area contributed by atoms with Gasteiger partial charge in [0.05, 0.1) is 24.8 Å². The van der Waals surface area contributed by atoms with Crippen LogP contribution >= 0.6 is 0 Å². The number of sulfonamides is 1. The first-order valence-corrected chi connectivity index (χ1v) is 15.0. The van der Waals surface area contributed by atoms with Crippen LogP contribution in [0.2, 0.25) is 0 Å². The lowest BCUT2D eigenvalue weighted by atomic mass is 9.98. The van der Waals surface area contributed by atoms with E-state index in [0.717, 1.165) is 44.3 Å². The van der Waals surface area contributed by atoms with Gasteiger partial charge in [0.25, 0.3) is 0 Å². The predicted molar refractivity (Wildman–Crippen MR) is 139 cm³/mol. The molecule has 2 saturated carbocycles. The molecule has 3 heterocycles. The van der Waals surface area contributed by atoms with Gasteiger partial charge in [-0.1, -0.05) is 0 Å². The molecular formula is C25H40N6O5S. The third kappa shape index (κ3) is 6.28. The number of carbonyl (C=O) groups excluding carboxylic acids is 1. The van der Waals surface area contributed by atoms with E-state index >= 15 is 0 Å². The number of piperazine rings is 1. The summed E-state index contributed by atoms with van der Waals surface area (Å²) < 4.78 is 39.0. The minimum atomic E-state index is -3.29. The number of nitrogens with zero attached hydrogens (tertiary/aromatic N) is 6. The van der Waals surface area contributed by atoms with Crippen LogP contribution in [0.4, 0.5) is 10.6 Å². The van der Waals surface area contributed by atoms with Crippen molar-refractivity contribution in [1.29, 1.82) is 0 Å². The van der Waals surface area contributed by atoms with Crippen molar-refractivity contribution in [3.63, 3.8) is 0 Å². The Balaban J connectivity index is 1.04. The summed E-state index contributed by atoms with van der Waals surface area (Å²) in [5.74, 6) is 1.76. The van der Waals surface area contributed by atoms with Crippen LogP contribution in [-0.4, -0.2) is 115 Å². The molecule has 4 aliphatic rings. The molecule has 37 heavy (non-hydrogen) atoms. The number of likely N-dealkylation sites (tertiary alicyclic amines) is 1. The first kappa shape index (κ1) is 26.4. The Morgan fingerprint density at radius 2 is 1.70 bits per heavy atom. The van der Waals surface area contributed by atoms with Crippen molar-refractivity contribution in [1.82, 2.24) is 24.1 Å². The van der Waals surface area contributed by atoms with Gasteiger partial charge in [-0.15, -0.1) is 0 Å². The topological polar surface area (TPSA) is 108 Å². The van der Waals surface area contributed by atoms with Gasteiger partial charge in [0, 0.05) is 44.8 Å². The lowest BCUT2D eigenvalue weighted by Crippen LogP contribution is -2.51. The van der Waals surface area contributed by atoms with Gasteiger partial charge in [-0.3, -0.25) is 0 Å². The van der Waals surface area contributed by atoms with Gasteiger partial charge >= 0.3 is 6.09 Å². The van der Waals surface area contributed by atoms with Gasteiger partial charge < -0.3 is 24.2 Å². The normalized spacial score (nSPS) is 23.7. The molecule has 5 rings (SSSR count). The summed E-state index contributed by atoms with van der Waals surface area (Å²) in [5.41, 5.74) is -0.423. The van der Waals surface area contributed by atoms with Gasteiger partial charge in [0.15, 0.2) is 0 Å². The van der Waals surface area contributed by atoms with E-state index in [1.54, 1.807) is 21.6 Å². The number of hydrogen-bond acceptors (Lipinski definition) is 9. The molecule has 2 saturated heterocycles. The van der Waals surface area contributed by atoms with Crippen molar-refractivity contribution in [2.24, 2.45) is 5.92 Å². The molecule has 4 fully saturated rings. The second-order valence-corrected chi connectivity index (χ2v) is 13.5. The highest BCUT2D eigenvalue weighted by atomic mass is 32.2. The van der Waals surface area contributed by atoms with Crippen molar-refractivity contribution in [2.45, 2.75) is 56.6 Å². The predicted octanol–water partition coefficient (Wildman–Crippen LogP) is 1.80. The fourth-order valence-corrected chi connectivity index (χ4v) is 7.21. The van der Waals surface area contributed by atoms with Crippen molar-refractivity contribution < 1.29 is 22.7 Å². The maximum atomic E-state index is 13.0. The molecule has 0 unspecified atom stereocenters. The molecular weight excluding hydrogens is 496 g/mol. The Labute approximate surface area is 220 Å². The highest BCUT2D eigenvalue weighted by Crippen LogP contribution is 2.42. The SMILES string of the molecule is CN(C)C1(CS(=O)(=O)N2CCN(c3cnc(OCC4CCN(C(=O)OC5(C)CC5)CC4)cn3)CC2)CC1. The summed E-state index contributed by atoms with van der Waals surface area (Å²) in [6.07, 6.45) is 8.68. The van der Waals surface area contributed by atoms with Crippen LogP contribution < -0.4 is 9.64 Å². The number of rotatable bonds is 9. The molecule has 0 spiro atoms. The van der Waals surface area contributed by atoms with Gasteiger partial charge in [0.2, 0.25) is 15.9 Å². The third-order valence-electron chi connectivity index (χ3n) is 8.42. The number of anilines is 1. The molecule has 0 bridgehead atoms. The zero-order valence-electron chi connectivity index (χ0n) is 22.3. The lowest BCUT2D eigenvalue weighted by molar-refractivity contribution is 0.0454. The van der Waals surface area contributed by atoms with Crippen LogP contribution in [-0.2, 0) is 14.8 Å². The van der Waals surface area contributed by atoms with E-state index in [0.29, 0.717) is 57.7 Å². The molecule has 0 atom stereocenters.